The van der Waals surface area contributed by atoms with Crippen LogP contribution in [-0.2, 0) is 5.41 Å². The first-order valence-electron chi connectivity index (χ1n) is 7.81. The van der Waals surface area contributed by atoms with E-state index in [9.17, 15) is 0 Å². The molecule has 0 unspecified atom stereocenters. The smallest absolute Gasteiger partial charge is 0.156 e. The van der Waals surface area contributed by atoms with E-state index < -0.39 is 0 Å². The molecule has 122 valence electrons. The molecule has 1 aliphatic heterocycles. The first-order chi connectivity index (χ1) is 11.3. The highest BCUT2D eigenvalue weighted by Gasteiger charge is 2.37. The molecule has 2 heterocycles. The van der Waals surface area contributed by atoms with E-state index in [-0.39, 0.29) is 5.41 Å². The summed E-state index contributed by atoms with van der Waals surface area (Å²) in [5.74, 6) is 0.863. The molecular formula is C19H17Cl2N3. The maximum atomic E-state index is 6.16. The van der Waals surface area contributed by atoms with Gasteiger partial charge in [0.05, 0.1) is 26.8 Å². The van der Waals surface area contributed by atoms with Gasteiger partial charge in [0, 0.05) is 18.2 Å². The molecule has 0 bridgehead atoms. The molecule has 5 heteroatoms. The lowest BCUT2D eigenvalue weighted by Gasteiger charge is -2.38. The van der Waals surface area contributed by atoms with Crippen molar-refractivity contribution >= 4 is 45.7 Å². The lowest BCUT2D eigenvalue weighted by Crippen LogP contribution is -2.33. The van der Waals surface area contributed by atoms with Gasteiger partial charge < -0.3 is 4.90 Å². The van der Waals surface area contributed by atoms with Crippen molar-refractivity contribution < 1.29 is 0 Å². The number of benzene rings is 2. The van der Waals surface area contributed by atoms with Crippen molar-refractivity contribution in [2.75, 3.05) is 11.9 Å². The van der Waals surface area contributed by atoms with E-state index in [1.165, 1.54) is 11.1 Å². The topological polar surface area (TPSA) is 29.0 Å². The minimum absolute atomic E-state index is 0.240. The number of fused-ring (bicyclic) bond motifs is 3. The van der Waals surface area contributed by atoms with Crippen LogP contribution in [0, 0.1) is 6.92 Å². The van der Waals surface area contributed by atoms with Crippen LogP contribution in [0.4, 0.5) is 11.5 Å². The molecule has 0 amide bonds. The molecule has 1 aromatic heterocycles. The Bertz CT molecular complexity index is 996. The van der Waals surface area contributed by atoms with Crippen molar-refractivity contribution in [3.05, 3.63) is 57.2 Å². The van der Waals surface area contributed by atoms with E-state index in [1.54, 1.807) is 12.1 Å². The highest BCUT2D eigenvalue weighted by molar-refractivity contribution is 6.42. The monoisotopic (exact) mass is 357 g/mol. The number of aryl methyl sites for hydroxylation is 1. The molecule has 0 saturated carbocycles. The first kappa shape index (κ1) is 15.7. The number of rotatable bonds is 0. The van der Waals surface area contributed by atoms with Gasteiger partial charge in [-0.05, 0) is 44.5 Å². The normalized spacial score (nSPS) is 15.3. The highest BCUT2D eigenvalue weighted by Crippen LogP contribution is 2.47. The Morgan fingerprint density at radius 1 is 0.958 bits per heavy atom. The van der Waals surface area contributed by atoms with Crippen molar-refractivity contribution in [2.45, 2.75) is 26.2 Å². The molecule has 3 nitrogen and oxygen atoms in total. The summed E-state index contributed by atoms with van der Waals surface area (Å²) in [6, 6.07) is 10.1. The Morgan fingerprint density at radius 2 is 1.58 bits per heavy atom. The molecule has 0 atom stereocenters. The summed E-state index contributed by atoms with van der Waals surface area (Å²) in [6.07, 6.45) is 0. The van der Waals surface area contributed by atoms with Gasteiger partial charge in [0.25, 0.3) is 0 Å². The minimum atomic E-state index is -0.240. The molecule has 0 fully saturated rings. The molecule has 0 saturated heterocycles. The summed E-state index contributed by atoms with van der Waals surface area (Å²) in [7, 11) is 2.03. The summed E-state index contributed by atoms with van der Waals surface area (Å²) in [6.45, 7) is 6.49. The van der Waals surface area contributed by atoms with Crippen LogP contribution in [0.5, 0.6) is 0 Å². The first-order valence-corrected chi connectivity index (χ1v) is 8.57. The third kappa shape index (κ3) is 2.11. The van der Waals surface area contributed by atoms with Crippen LogP contribution in [0.25, 0.3) is 11.0 Å². The van der Waals surface area contributed by atoms with E-state index in [2.05, 4.69) is 43.9 Å². The number of hydrogen-bond acceptors (Lipinski definition) is 3. The van der Waals surface area contributed by atoms with E-state index in [0.29, 0.717) is 10.0 Å². The second-order valence-electron chi connectivity index (χ2n) is 6.86. The summed E-state index contributed by atoms with van der Waals surface area (Å²) >= 11 is 12.3. The fourth-order valence-corrected chi connectivity index (χ4v) is 3.70. The Kier molecular flexibility index (Phi) is 3.32. The number of hydrogen-bond donors (Lipinski definition) is 0. The van der Waals surface area contributed by atoms with Gasteiger partial charge in [-0.3, -0.25) is 0 Å². The summed E-state index contributed by atoms with van der Waals surface area (Å²) in [4.78, 5) is 11.8. The van der Waals surface area contributed by atoms with Crippen LogP contribution in [0.3, 0.4) is 0 Å². The second kappa shape index (κ2) is 5.08. The van der Waals surface area contributed by atoms with Crippen LogP contribution in [0.2, 0.25) is 10.0 Å². The summed E-state index contributed by atoms with van der Waals surface area (Å²) in [5, 5.41) is 0.990. The summed E-state index contributed by atoms with van der Waals surface area (Å²) < 4.78 is 0. The molecule has 0 aliphatic carbocycles. The van der Waals surface area contributed by atoms with Crippen molar-refractivity contribution in [3.8, 4) is 0 Å². The van der Waals surface area contributed by atoms with Gasteiger partial charge in [-0.15, -0.1) is 0 Å². The van der Waals surface area contributed by atoms with Gasteiger partial charge in [-0.2, -0.15) is 0 Å². The molecule has 0 radical (unpaired) electrons. The van der Waals surface area contributed by atoms with Gasteiger partial charge in [-0.25, -0.2) is 9.97 Å². The second-order valence-corrected chi connectivity index (χ2v) is 7.67. The molecule has 3 aromatic rings. The standard InChI is InChI=1S/C19H17Cl2N3/c1-10-5-6-16-11(7-10)19(2,3)17-18(24(16)4)23-15-9-13(21)12(20)8-14(15)22-17/h5-9H,1-4H3. The number of nitrogens with zero attached hydrogens (tertiary/aromatic N) is 3. The quantitative estimate of drug-likeness (QED) is 0.520. The van der Waals surface area contributed by atoms with Crippen molar-refractivity contribution in [2.24, 2.45) is 0 Å². The average Bonchev–Trinajstić information content (AvgIpc) is 2.53. The fourth-order valence-electron chi connectivity index (χ4n) is 3.38. The number of halogens is 2. The molecule has 0 N–H and O–H groups in total. The van der Waals surface area contributed by atoms with E-state index in [0.717, 1.165) is 28.2 Å². The predicted octanol–water partition coefficient (Wildman–Crippen LogP) is 5.65. The van der Waals surface area contributed by atoms with Crippen molar-refractivity contribution in [3.63, 3.8) is 0 Å². The van der Waals surface area contributed by atoms with Crippen molar-refractivity contribution in [1.29, 1.82) is 0 Å². The Labute approximate surface area is 151 Å². The van der Waals surface area contributed by atoms with Gasteiger partial charge in [-0.1, -0.05) is 40.9 Å². The van der Waals surface area contributed by atoms with E-state index in [1.807, 2.05) is 7.05 Å². The van der Waals surface area contributed by atoms with Gasteiger partial charge in [0.15, 0.2) is 5.82 Å². The van der Waals surface area contributed by atoms with Crippen LogP contribution < -0.4 is 4.90 Å². The Hall–Kier alpha value is -1.84. The zero-order valence-electron chi connectivity index (χ0n) is 14.0. The molecule has 24 heavy (non-hydrogen) atoms. The third-order valence-corrected chi connectivity index (χ3v) is 5.51. The van der Waals surface area contributed by atoms with Crippen LogP contribution in [0.1, 0.15) is 30.7 Å². The number of anilines is 2. The SMILES string of the molecule is Cc1ccc2c(c1)C(C)(C)c1nc3cc(Cl)c(Cl)cc3nc1N2C. The Morgan fingerprint density at radius 3 is 2.25 bits per heavy atom. The van der Waals surface area contributed by atoms with Crippen LogP contribution >= 0.6 is 23.2 Å². The zero-order chi connectivity index (χ0) is 17.2. The molecule has 4 rings (SSSR count). The molecular weight excluding hydrogens is 341 g/mol. The minimum Gasteiger partial charge on any atom is -0.328 e. The fraction of sp³-hybridized carbons (Fsp3) is 0.263. The van der Waals surface area contributed by atoms with E-state index in [4.69, 9.17) is 33.2 Å². The lowest BCUT2D eigenvalue weighted by atomic mass is 9.77. The average molecular weight is 358 g/mol. The largest absolute Gasteiger partial charge is 0.328 e. The van der Waals surface area contributed by atoms with Gasteiger partial charge >= 0.3 is 0 Å². The predicted molar refractivity (Wildman–Crippen MR) is 101 cm³/mol. The summed E-state index contributed by atoms with van der Waals surface area (Å²) in [5.41, 5.74) is 5.88. The Balaban J connectivity index is 2.06. The number of aromatic nitrogens is 2. The third-order valence-electron chi connectivity index (χ3n) is 4.78. The van der Waals surface area contributed by atoms with Crippen LogP contribution in [-0.4, -0.2) is 17.0 Å². The molecule has 0 spiro atoms. The van der Waals surface area contributed by atoms with Crippen LogP contribution in [0.15, 0.2) is 30.3 Å². The van der Waals surface area contributed by atoms with E-state index >= 15 is 0 Å². The van der Waals surface area contributed by atoms with Gasteiger partial charge in [0.2, 0.25) is 0 Å². The van der Waals surface area contributed by atoms with Gasteiger partial charge in [0.1, 0.15) is 0 Å². The molecule has 2 aromatic carbocycles. The lowest BCUT2D eigenvalue weighted by molar-refractivity contribution is 0.604. The maximum Gasteiger partial charge on any atom is 0.156 e. The maximum absolute atomic E-state index is 6.16. The highest BCUT2D eigenvalue weighted by atomic mass is 35.5. The molecule has 1 aliphatic rings. The van der Waals surface area contributed by atoms with Crippen molar-refractivity contribution in [1.82, 2.24) is 9.97 Å². The zero-order valence-corrected chi connectivity index (χ0v) is 15.5.